The van der Waals surface area contributed by atoms with Crippen LogP contribution in [0.25, 0.3) is 15.9 Å². The van der Waals surface area contributed by atoms with Gasteiger partial charge in [0.2, 0.25) is 11.3 Å². The Labute approximate surface area is 187 Å². The first-order valence-corrected chi connectivity index (χ1v) is 11.4. The van der Waals surface area contributed by atoms with Gasteiger partial charge in [-0.15, -0.1) is 11.3 Å². The third-order valence-electron chi connectivity index (χ3n) is 5.77. The van der Waals surface area contributed by atoms with Gasteiger partial charge in [0.25, 0.3) is 5.56 Å². The van der Waals surface area contributed by atoms with Gasteiger partial charge >= 0.3 is 0 Å². The number of nitrogens with zero attached hydrogens (tertiary/aromatic N) is 6. The number of aryl methyl sites for hydroxylation is 1. The van der Waals surface area contributed by atoms with Crippen LogP contribution in [-0.4, -0.2) is 61.1 Å². The molecule has 4 aromatic rings. The standard InChI is InChI=1S/C22H22N6O3S/c29-19-14-23-28(18-4-2-1-3-17(18)19)6-5-20(30)26-9-7-25(8-10-26)15-16-13-21(31)27-11-12-32-22(27)24-16/h1-4,11-14H,5-10,15H2. The molecule has 0 aliphatic carbocycles. The molecule has 1 aliphatic heterocycles. The molecule has 9 nitrogen and oxygen atoms in total. The topological polar surface area (TPSA) is 92.8 Å². The average Bonchev–Trinajstić information content (AvgIpc) is 3.28. The Morgan fingerprint density at radius 1 is 1.09 bits per heavy atom. The molecule has 32 heavy (non-hydrogen) atoms. The summed E-state index contributed by atoms with van der Waals surface area (Å²) in [6.07, 6.45) is 3.36. The van der Waals surface area contributed by atoms with Gasteiger partial charge in [-0.3, -0.25) is 28.4 Å². The van der Waals surface area contributed by atoms with Crippen LogP contribution in [0.15, 0.2) is 57.7 Å². The minimum absolute atomic E-state index is 0.0660. The van der Waals surface area contributed by atoms with Crippen molar-refractivity contribution in [3.8, 4) is 0 Å². The summed E-state index contributed by atoms with van der Waals surface area (Å²) in [5, 5.41) is 6.66. The molecule has 0 unspecified atom stereocenters. The highest BCUT2D eigenvalue weighted by molar-refractivity contribution is 7.15. The maximum atomic E-state index is 12.8. The molecular weight excluding hydrogens is 428 g/mol. The Kier molecular flexibility index (Phi) is 5.54. The Balaban J connectivity index is 1.17. The van der Waals surface area contributed by atoms with E-state index in [0.717, 1.165) is 24.3 Å². The lowest BCUT2D eigenvalue weighted by atomic mass is 10.2. The van der Waals surface area contributed by atoms with E-state index in [1.54, 1.807) is 27.4 Å². The molecule has 0 bridgehead atoms. The molecule has 0 atom stereocenters. The van der Waals surface area contributed by atoms with Crippen LogP contribution in [0.2, 0.25) is 0 Å². The predicted molar refractivity (Wildman–Crippen MR) is 122 cm³/mol. The molecule has 4 heterocycles. The monoisotopic (exact) mass is 450 g/mol. The summed E-state index contributed by atoms with van der Waals surface area (Å²) >= 11 is 1.44. The van der Waals surface area contributed by atoms with Crippen LogP contribution >= 0.6 is 11.3 Å². The van der Waals surface area contributed by atoms with Gasteiger partial charge in [0.15, 0.2) is 4.96 Å². The second-order valence-corrected chi connectivity index (χ2v) is 8.67. The molecule has 1 aliphatic rings. The molecule has 1 amide bonds. The molecule has 0 radical (unpaired) electrons. The zero-order chi connectivity index (χ0) is 22.1. The van der Waals surface area contributed by atoms with Gasteiger partial charge in [-0.05, 0) is 12.1 Å². The van der Waals surface area contributed by atoms with Crippen LogP contribution in [0, 0.1) is 0 Å². The van der Waals surface area contributed by atoms with Crippen molar-refractivity contribution in [3.63, 3.8) is 0 Å². The van der Waals surface area contributed by atoms with Crippen LogP contribution < -0.4 is 11.0 Å². The number of para-hydroxylation sites is 1. The number of aromatic nitrogens is 4. The molecule has 0 N–H and O–H groups in total. The van der Waals surface area contributed by atoms with Crippen molar-refractivity contribution in [1.29, 1.82) is 0 Å². The van der Waals surface area contributed by atoms with Crippen LogP contribution in [0.4, 0.5) is 0 Å². The molecule has 1 saturated heterocycles. The lowest BCUT2D eigenvalue weighted by Crippen LogP contribution is -2.48. The molecule has 1 aromatic carbocycles. The van der Waals surface area contributed by atoms with E-state index in [1.807, 2.05) is 28.5 Å². The molecular formula is C22H22N6O3S. The third kappa shape index (κ3) is 4.06. The Morgan fingerprint density at radius 2 is 1.91 bits per heavy atom. The van der Waals surface area contributed by atoms with Gasteiger partial charge in [0.05, 0.1) is 24.0 Å². The van der Waals surface area contributed by atoms with E-state index in [0.29, 0.717) is 42.9 Å². The number of piperazine rings is 1. The highest BCUT2D eigenvalue weighted by Gasteiger charge is 2.22. The van der Waals surface area contributed by atoms with Gasteiger partial charge in [0, 0.05) is 62.2 Å². The Morgan fingerprint density at radius 3 is 2.75 bits per heavy atom. The number of benzene rings is 1. The average molecular weight is 451 g/mol. The van der Waals surface area contributed by atoms with Crippen molar-refractivity contribution < 1.29 is 4.79 Å². The number of carbonyl (C=O) groups is 1. The van der Waals surface area contributed by atoms with E-state index in [2.05, 4.69) is 15.0 Å². The van der Waals surface area contributed by atoms with Crippen molar-refractivity contribution in [2.45, 2.75) is 19.5 Å². The van der Waals surface area contributed by atoms with Gasteiger partial charge in [-0.25, -0.2) is 4.98 Å². The molecule has 3 aromatic heterocycles. The summed E-state index contributed by atoms with van der Waals surface area (Å²) in [7, 11) is 0. The molecule has 0 spiro atoms. The molecule has 164 valence electrons. The van der Waals surface area contributed by atoms with Gasteiger partial charge in [-0.2, -0.15) is 5.10 Å². The number of thiazole rings is 1. The molecule has 10 heteroatoms. The van der Waals surface area contributed by atoms with Gasteiger partial charge < -0.3 is 4.90 Å². The third-order valence-corrected chi connectivity index (χ3v) is 6.52. The zero-order valence-electron chi connectivity index (χ0n) is 17.4. The SMILES string of the molecule is O=C(CCn1ncc(=O)c2ccccc21)N1CCN(Cc2cc(=O)n3ccsc3n2)CC1. The Bertz CT molecular complexity index is 1400. The normalized spacial score (nSPS) is 14.9. The molecule has 0 saturated carbocycles. The second kappa shape index (κ2) is 8.64. The van der Waals surface area contributed by atoms with Crippen LogP contribution in [0.5, 0.6) is 0 Å². The number of fused-ring (bicyclic) bond motifs is 2. The van der Waals surface area contributed by atoms with E-state index in [9.17, 15) is 14.4 Å². The minimum atomic E-state index is -0.116. The summed E-state index contributed by atoms with van der Waals surface area (Å²) in [6.45, 7) is 3.76. The molecule has 1 fully saturated rings. The second-order valence-electron chi connectivity index (χ2n) is 7.80. The fourth-order valence-electron chi connectivity index (χ4n) is 4.05. The lowest BCUT2D eigenvalue weighted by Gasteiger charge is -2.34. The number of amides is 1. The van der Waals surface area contributed by atoms with Crippen molar-refractivity contribution in [2.24, 2.45) is 0 Å². The number of carbonyl (C=O) groups excluding carboxylic acids is 1. The van der Waals surface area contributed by atoms with Crippen molar-refractivity contribution in [1.82, 2.24) is 29.0 Å². The molecule has 5 rings (SSSR count). The largest absolute Gasteiger partial charge is 0.340 e. The van der Waals surface area contributed by atoms with Gasteiger partial charge in [-0.1, -0.05) is 12.1 Å². The van der Waals surface area contributed by atoms with E-state index >= 15 is 0 Å². The fraction of sp³-hybridized carbons (Fsp3) is 0.318. The lowest BCUT2D eigenvalue weighted by molar-refractivity contribution is -0.133. The van der Waals surface area contributed by atoms with Crippen molar-refractivity contribution in [3.05, 3.63) is 74.4 Å². The summed E-state index contributed by atoms with van der Waals surface area (Å²) in [6, 6.07) is 8.89. The van der Waals surface area contributed by atoms with Crippen molar-refractivity contribution >= 4 is 33.1 Å². The number of hydrogen-bond donors (Lipinski definition) is 0. The first kappa shape index (κ1) is 20.5. The van der Waals surface area contributed by atoms with Crippen LogP contribution in [-0.2, 0) is 17.9 Å². The van der Waals surface area contributed by atoms with E-state index in [-0.39, 0.29) is 16.9 Å². The maximum absolute atomic E-state index is 12.8. The zero-order valence-corrected chi connectivity index (χ0v) is 18.2. The summed E-state index contributed by atoms with van der Waals surface area (Å²) in [5.41, 5.74) is 1.32. The van der Waals surface area contributed by atoms with Crippen LogP contribution in [0.3, 0.4) is 0 Å². The Hall–Kier alpha value is -3.37. The maximum Gasteiger partial charge on any atom is 0.258 e. The minimum Gasteiger partial charge on any atom is -0.340 e. The fourth-order valence-corrected chi connectivity index (χ4v) is 4.79. The van der Waals surface area contributed by atoms with Crippen LogP contribution in [0.1, 0.15) is 12.1 Å². The summed E-state index contributed by atoms with van der Waals surface area (Å²) in [4.78, 5) is 46.2. The van der Waals surface area contributed by atoms with Crippen molar-refractivity contribution in [2.75, 3.05) is 26.2 Å². The summed E-state index contributed by atoms with van der Waals surface area (Å²) < 4.78 is 3.27. The summed E-state index contributed by atoms with van der Waals surface area (Å²) in [5.74, 6) is 0.0746. The highest BCUT2D eigenvalue weighted by Crippen LogP contribution is 2.12. The van der Waals surface area contributed by atoms with E-state index < -0.39 is 0 Å². The smallest absolute Gasteiger partial charge is 0.258 e. The van der Waals surface area contributed by atoms with E-state index in [4.69, 9.17) is 0 Å². The quantitative estimate of drug-likeness (QED) is 0.454. The van der Waals surface area contributed by atoms with E-state index in [1.165, 1.54) is 17.5 Å². The first-order valence-electron chi connectivity index (χ1n) is 10.5. The number of rotatable bonds is 5. The number of hydrogen-bond acceptors (Lipinski definition) is 7. The van der Waals surface area contributed by atoms with Gasteiger partial charge in [0.1, 0.15) is 0 Å². The first-order chi connectivity index (χ1) is 15.6. The predicted octanol–water partition coefficient (Wildman–Crippen LogP) is 1.20. The highest BCUT2D eigenvalue weighted by atomic mass is 32.1.